The molecule has 0 aromatic carbocycles. The fourth-order valence-corrected chi connectivity index (χ4v) is 1.42. The number of nitrogens with one attached hydrogen (secondary N) is 1. The fourth-order valence-electron chi connectivity index (χ4n) is 1.42. The minimum Gasteiger partial charge on any atom is -0.462 e. The van der Waals surface area contributed by atoms with E-state index >= 15 is 0 Å². The highest BCUT2D eigenvalue weighted by molar-refractivity contribution is 5.97. The third-order valence-corrected chi connectivity index (χ3v) is 2.27. The van der Waals surface area contributed by atoms with Gasteiger partial charge >= 0.3 is 5.97 Å². The van der Waals surface area contributed by atoms with Crippen LogP contribution < -0.4 is 16.8 Å². The molecule has 0 bridgehead atoms. The molecule has 1 heterocycles. The number of hydrogen-bond acceptors (Lipinski definition) is 7. The van der Waals surface area contributed by atoms with Gasteiger partial charge in [-0.1, -0.05) is 0 Å². The van der Waals surface area contributed by atoms with E-state index in [1.807, 2.05) is 0 Å². The van der Waals surface area contributed by atoms with Crippen LogP contribution in [0.4, 0.5) is 11.5 Å². The van der Waals surface area contributed by atoms with Gasteiger partial charge in [-0.05, 0) is 13.0 Å². The number of hydrogen-bond donors (Lipinski definition) is 3. The number of carbonyl (C=O) groups is 2. The SMILES string of the molecule is CCOC(=O)c1ccnc(NCCOCC(N)=O)c1N. The second-order valence-electron chi connectivity index (χ2n) is 3.79. The average molecular weight is 282 g/mol. The first-order valence-corrected chi connectivity index (χ1v) is 6.07. The summed E-state index contributed by atoms with van der Waals surface area (Å²) in [6.07, 6.45) is 1.45. The van der Waals surface area contributed by atoms with Gasteiger partial charge in [-0.3, -0.25) is 4.79 Å². The van der Waals surface area contributed by atoms with Crippen LogP contribution in [0.3, 0.4) is 0 Å². The Morgan fingerprint density at radius 3 is 2.85 bits per heavy atom. The molecule has 0 aliphatic carbocycles. The number of anilines is 2. The van der Waals surface area contributed by atoms with Crippen molar-refractivity contribution >= 4 is 23.4 Å². The molecule has 8 nitrogen and oxygen atoms in total. The van der Waals surface area contributed by atoms with Crippen LogP contribution in [0, 0.1) is 0 Å². The van der Waals surface area contributed by atoms with Crippen molar-refractivity contribution in [3.05, 3.63) is 17.8 Å². The summed E-state index contributed by atoms with van der Waals surface area (Å²) in [6.45, 7) is 2.47. The van der Waals surface area contributed by atoms with Crippen LogP contribution in [0.1, 0.15) is 17.3 Å². The van der Waals surface area contributed by atoms with Crippen molar-refractivity contribution in [2.45, 2.75) is 6.92 Å². The third-order valence-electron chi connectivity index (χ3n) is 2.27. The molecule has 1 aromatic rings. The Morgan fingerprint density at radius 2 is 2.20 bits per heavy atom. The lowest BCUT2D eigenvalue weighted by atomic mass is 10.2. The molecule has 1 rings (SSSR count). The molecule has 0 aliphatic heterocycles. The van der Waals surface area contributed by atoms with Gasteiger partial charge in [0, 0.05) is 12.7 Å². The standard InChI is InChI=1S/C12H18N4O4/c1-2-20-12(18)8-3-4-15-11(10(8)14)16-5-6-19-7-9(13)17/h3-4H,2,5-7,14H2,1H3,(H2,13,17)(H,15,16). The first-order valence-electron chi connectivity index (χ1n) is 6.07. The molecule has 1 amide bonds. The predicted octanol–water partition coefficient (Wildman–Crippen LogP) is -0.246. The van der Waals surface area contributed by atoms with E-state index in [9.17, 15) is 9.59 Å². The van der Waals surface area contributed by atoms with E-state index in [-0.39, 0.29) is 31.1 Å². The number of nitrogens with zero attached hydrogens (tertiary/aromatic N) is 1. The van der Waals surface area contributed by atoms with Gasteiger partial charge in [-0.2, -0.15) is 0 Å². The Bertz CT molecular complexity index is 479. The van der Waals surface area contributed by atoms with Crippen LogP contribution in [0.2, 0.25) is 0 Å². The number of ether oxygens (including phenoxy) is 2. The van der Waals surface area contributed by atoms with Crippen molar-refractivity contribution in [3.8, 4) is 0 Å². The lowest BCUT2D eigenvalue weighted by Gasteiger charge is -2.11. The number of aromatic nitrogens is 1. The molecule has 1 aromatic heterocycles. The maximum absolute atomic E-state index is 11.6. The quantitative estimate of drug-likeness (QED) is 0.443. The van der Waals surface area contributed by atoms with Crippen LogP contribution in [-0.4, -0.2) is 43.2 Å². The normalized spacial score (nSPS) is 10.1. The Hall–Kier alpha value is -2.35. The van der Waals surface area contributed by atoms with E-state index in [0.717, 1.165) is 0 Å². The maximum atomic E-state index is 11.6. The summed E-state index contributed by atoms with van der Waals surface area (Å²) >= 11 is 0. The van der Waals surface area contributed by atoms with Crippen LogP contribution >= 0.6 is 0 Å². The zero-order valence-electron chi connectivity index (χ0n) is 11.2. The summed E-state index contributed by atoms with van der Waals surface area (Å²) in [4.78, 5) is 26.1. The molecule has 110 valence electrons. The largest absolute Gasteiger partial charge is 0.462 e. The zero-order chi connectivity index (χ0) is 15.0. The molecule has 5 N–H and O–H groups in total. The van der Waals surface area contributed by atoms with Crippen molar-refractivity contribution in [1.82, 2.24) is 4.98 Å². The van der Waals surface area contributed by atoms with Crippen molar-refractivity contribution in [2.24, 2.45) is 5.73 Å². The molecule has 0 atom stereocenters. The Kier molecular flexibility index (Phi) is 6.24. The summed E-state index contributed by atoms with van der Waals surface area (Å²) in [5, 5.41) is 2.90. The van der Waals surface area contributed by atoms with Crippen molar-refractivity contribution in [1.29, 1.82) is 0 Å². The van der Waals surface area contributed by atoms with Crippen molar-refractivity contribution in [3.63, 3.8) is 0 Å². The van der Waals surface area contributed by atoms with Gasteiger partial charge in [-0.25, -0.2) is 9.78 Å². The van der Waals surface area contributed by atoms with Crippen LogP contribution in [0.25, 0.3) is 0 Å². The lowest BCUT2D eigenvalue weighted by Crippen LogP contribution is -2.21. The van der Waals surface area contributed by atoms with Crippen LogP contribution in [-0.2, 0) is 14.3 Å². The second kappa shape index (κ2) is 7.95. The second-order valence-corrected chi connectivity index (χ2v) is 3.79. The van der Waals surface area contributed by atoms with Gasteiger partial charge in [0.1, 0.15) is 12.4 Å². The van der Waals surface area contributed by atoms with Crippen molar-refractivity contribution < 1.29 is 19.1 Å². The summed E-state index contributed by atoms with van der Waals surface area (Å²) in [6, 6.07) is 1.49. The Balaban J connectivity index is 2.56. The molecule has 0 radical (unpaired) electrons. The first-order chi connectivity index (χ1) is 9.56. The van der Waals surface area contributed by atoms with Crippen LogP contribution in [0.5, 0.6) is 0 Å². The number of rotatable bonds is 8. The van der Waals surface area contributed by atoms with E-state index in [4.69, 9.17) is 20.9 Å². The van der Waals surface area contributed by atoms with E-state index in [1.165, 1.54) is 12.3 Å². The maximum Gasteiger partial charge on any atom is 0.340 e. The first kappa shape index (κ1) is 15.7. The minimum atomic E-state index is -0.535. The van der Waals surface area contributed by atoms with Gasteiger partial charge in [0.25, 0.3) is 0 Å². The predicted molar refractivity (Wildman–Crippen MR) is 73.1 cm³/mol. The molecule has 0 unspecified atom stereocenters. The van der Waals surface area contributed by atoms with Crippen molar-refractivity contribution in [2.75, 3.05) is 37.4 Å². The number of nitrogen functional groups attached to an aromatic ring is 1. The topological polar surface area (TPSA) is 130 Å². The molecule has 0 spiro atoms. The van der Waals surface area contributed by atoms with Gasteiger partial charge in [0.2, 0.25) is 5.91 Å². The van der Waals surface area contributed by atoms with Gasteiger partial charge < -0.3 is 26.3 Å². The molecule has 0 saturated carbocycles. The summed E-state index contributed by atoms with van der Waals surface area (Å²) < 4.78 is 9.86. The molecule has 8 heteroatoms. The monoisotopic (exact) mass is 282 g/mol. The highest BCUT2D eigenvalue weighted by atomic mass is 16.5. The summed E-state index contributed by atoms with van der Waals surface area (Å²) in [7, 11) is 0. The molecule has 0 saturated heterocycles. The Labute approximate surface area is 116 Å². The fraction of sp³-hybridized carbons (Fsp3) is 0.417. The molecule has 0 fully saturated rings. The highest BCUT2D eigenvalue weighted by Gasteiger charge is 2.14. The Morgan fingerprint density at radius 1 is 1.45 bits per heavy atom. The number of esters is 1. The van der Waals surface area contributed by atoms with E-state index in [2.05, 4.69) is 10.3 Å². The molecule has 0 aliphatic rings. The third kappa shape index (κ3) is 4.73. The summed E-state index contributed by atoms with van der Waals surface area (Å²) in [5.41, 5.74) is 11.2. The van der Waals surface area contributed by atoms with E-state index < -0.39 is 11.9 Å². The van der Waals surface area contributed by atoms with E-state index in [0.29, 0.717) is 12.4 Å². The van der Waals surface area contributed by atoms with E-state index in [1.54, 1.807) is 6.92 Å². The number of carbonyl (C=O) groups excluding carboxylic acids is 2. The number of primary amides is 1. The molecular weight excluding hydrogens is 264 g/mol. The number of pyridine rings is 1. The van der Waals surface area contributed by atoms with Gasteiger partial charge in [-0.15, -0.1) is 0 Å². The minimum absolute atomic E-state index is 0.145. The van der Waals surface area contributed by atoms with Gasteiger partial charge in [0.05, 0.1) is 24.5 Å². The molecular formula is C12H18N4O4. The van der Waals surface area contributed by atoms with Crippen LogP contribution in [0.15, 0.2) is 12.3 Å². The zero-order valence-corrected chi connectivity index (χ0v) is 11.2. The highest BCUT2D eigenvalue weighted by Crippen LogP contribution is 2.20. The average Bonchev–Trinajstić information content (AvgIpc) is 2.40. The molecule has 20 heavy (non-hydrogen) atoms. The number of amides is 1. The summed E-state index contributed by atoms with van der Waals surface area (Å²) in [5.74, 6) is -0.675. The lowest BCUT2D eigenvalue weighted by molar-refractivity contribution is -0.122. The van der Waals surface area contributed by atoms with Gasteiger partial charge in [0.15, 0.2) is 0 Å². The number of nitrogens with two attached hydrogens (primary N) is 2. The smallest absolute Gasteiger partial charge is 0.340 e.